The molecule has 0 fully saturated rings. The van der Waals surface area contributed by atoms with Crippen molar-refractivity contribution in [1.82, 2.24) is 5.32 Å². The van der Waals surface area contributed by atoms with Crippen LogP contribution in [0.15, 0.2) is 0 Å². The van der Waals surface area contributed by atoms with Crippen molar-refractivity contribution in [2.45, 2.75) is 66.8 Å². The first-order valence-electron chi connectivity index (χ1n) is 5.92. The smallest absolute Gasteiger partial charge is 0.220 e. The number of hydrogen-bond donors (Lipinski definition) is 1. The van der Waals surface area contributed by atoms with E-state index >= 15 is 0 Å². The summed E-state index contributed by atoms with van der Waals surface area (Å²) in [4.78, 5) is 11.8. The van der Waals surface area contributed by atoms with Gasteiger partial charge < -0.3 is 5.32 Å². The van der Waals surface area contributed by atoms with Crippen molar-refractivity contribution in [2.75, 3.05) is 0 Å². The van der Waals surface area contributed by atoms with Crippen LogP contribution in [0.2, 0.25) is 0 Å². The van der Waals surface area contributed by atoms with Crippen molar-refractivity contribution in [1.29, 1.82) is 0 Å². The molecule has 0 saturated heterocycles. The number of amides is 1. The predicted molar refractivity (Wildman–Crippen MR) is 65.7 cm³/mol. The van der Waals surface area contributed by atoms with Crippen LogP contribution in [0.5, 0.6) is 0 Å². The molecule has 2 heteroatoms. The van der Waals surface area contributed by atoms with Crippen LogP contribution in [0.4, 0.5) is 0 Å². The van der Waals surface area contributed by atoms with Crippen molar-refractivity contribution in [3.8, 4) is 0 Å². The average Bonchev–Trinajstić information content (AvgIpc) is 2.01. The van der Waals surface area contributed by atoms with Crippen LogP contribution < -0.4 is 5.32 Å². The summed E-state index contributed by atoms with van der Waals surface area (Å²) < 4.78 is 0. The Hall–Kier alpha value is -0.530. The lowest BCUT2D eigenvalue weighted by atomic mass is 9.78. The topological polar surface area (TPSA) is 29.1 Å². The largest absolute Gasteiger partial charge is 0.351 e. The molecule has 0 unspecified atom stereocenters. The molecular formula is C13H27NO. The first-order valence-corrected chi connectivity index (χ1v) is 5.92. The fourth-order valence-corrected chi connectivity index (χ4v) is 1.13. The Morgan fingerprint density at radius 3 is 2.00 bits per heavy atom. The molecule has 0 aliphatic carbocycles. The fraction of sp³-hybridized carbons (Fsp3) is 0.923. The zero-order valence-electron chi connectivity index (χ0n) is 11.4. The molecule has 0 saturated carbocycles. The molecule has 0 aromatic heterocycles. The Balaban J connectivity index is 4.27. The maximum Gasteiger partial charge on any atom is 0.220 e. The van der Waals surface area contributed by atoms with Crippen molar-refractivity contribution in [3.05, 3.63) is 0 Å². The van der Waals surface area contributed by atoms with Gasteiger partial charge in [0.25, 0.3) is 0 Å². The van der Waals surface area contributed by atoms with Gasteiger partial charge in [-0.1, -0.05) is 34.6 Å². The summed E-state index contributed by atoms with van der Waals surface area (Å²) in [6, 6.07) is 0. The molecule has 0 bridgehead atoms. The van der Waals surface area contributed by atoms with Gasteiger partial charge in [0.1, 0.15) is 0 Å². The highest BCUT2D eigenvalue weighted by atomic mass is 16.1. The number of carbonyl (C=O) groups excluding carboxylic acids is 1. The molecule has 1 amide bonds. The van der Waals surface area contributed by atoms with Crippen LogP contribution in [0, 0.1) is 11.3 Å². The van der Waals surface area contributed by atoms with E-state index in [9.17, 15) is 4.79 Å². The molecule has 0 aliphatic heterocycles. The Kier molecular flexibility index (Phi) is 4.82. The summed E-state index contributed by atoms with van der Waals surface area (Å²) in [5, 5.41) is 3.08. The van der Waals surface area contributed by atoms with Gasteiger partial charge in [-0.15, -0.1) is 0 Å². The first-order chi connectivity index (χ1) is 6.60. The van der Waals surface area contributed by atoms with Crippen molar-refractivity contribution in [3.63, 3.8) is 0 Å². The minimum atomic E-state index is -0.0792. The van der Waals surface area contributed by atoms with Crippen LogP contribution in [0.1, 0.15) is 61.3 Å². The lowest BCUT2D eigenvalue weighted by Gasteiger charge is -2.31. The van der Waals surface area contributed by atoms with E-state index in [1.165, 1.54) is 0 Å². The van der Waals surface area contributed by atoms with Crippen molar-refractivity contribution in [2.24, 2.45) is 11.3 Å². The third kappa shape index (κ3) is 5.19. The SMILES string of the molecule is CCC(C)(C)NC(=O)CC(C)(C)C(C)C. The summed E-state index contributed by atoms with van der Waals surface area (Å²) in [5.41, 5.74) is -0.00194. The minimum Gasteiger partial charge on any atom is -0.351 e. The molecule has 0 aliphatic rings. The normalized spacial score (nSPS) is 13.1. The summed E-state index contributed by atoms with van der Waals surface area (Å²) >= 11 is 0. The lowest BCUT2D eigenvalue weighted by molar-refractivity contribution is -0.125. The van der Waals surface area contributed by atoms with E-state index in [0.717, 1.165) is 6.42 Å². The van der Waals surface area contributed by atoms with Gasteiger partial charge in [0.15, 0.2) is 0 Å². The molecule has 15 heavy (non-hydrogen) atoms. The summed E-state index contributed by atoms with van der Waals surface area (Å²) in [6.07, 6.45) is 1.56. The van der Waals surface area contributed by atoms with E-state index < -0.39 is 0 Å². The Labute approximate surface area is 94.8 Å². The molecular weight excluding hydrogens is 186 g/mol. The first kappa shape index (κ1) is 14.5. The Morgan fingerprint density at radius 1 is 1.20 bits per heavy atom. The highest BCUT2D eigenvalue weighted by molar-refractivity contribution is 5.77. The van der Waals surface area contributed by atoms with E-state index in [2.05, 4.69) is 53.8 Å². The van der Waals surface area contributed by atoms with Gasteiger partial charge in [0.05, 0.1) is 0 Å². The Morgan fingerprint density at radius 2 is 1.67 bits per heavy atom. The fourth-order valence-electron chi connectivity index (χ4n) is 1.13. The van der Waals surface area contributed by atoms with Gasteiger partial charge in [-0.2, -0.15) is 0 Å². The molecule has 0 spiro atoms. The highest BCUT2D eigenvalue weighted by Gasteiger charge is 2.27. The second-order valence-corrected chi connectivity index (χ2v) is 6.11. The van der Waals surface area contributed by atoms with Crippen molar-refractivity contribution >= 4 is 5.91 Å². The molecule has 0 aromatic carbocycles. The number of rotatable bonds is 5. The van der Waals surface area contributed by atoms with Crippen LogP contribution in [-0.2, 0) is 4.79 Å². The Bertz CT molecular complexity index is 217. The zero-order valence-corrected chi connectivity index (χ0v) is 11.4. The second kappa shape index (κ2) is 5.00. The van der Waals surface area contributed by atoms with Crippen LogP contribution in [0.3, 0.4) is 0 Å². The molecule has 0 atom stereocenters. The van der Waals surface area contributed by atoms with Gasteiger partial charge in [-0.3, -0.25) is 4.79 Å². The molecule has 0 radical (unpaired) electrons. The zero-order chi connectivity index (χ0) is 12.3. The maximum atomic E-state index is 11.8. The van der Waals surface area contributed by atoms with Crippen LogP contribution >= 0.6 is 0 Å². The molecule has 1 N–H and O–H groups in total. The summed E-state index contributed by atoms with van der Waals surface area (Å²) in [7, 11) is 0. The van der Waals surface area contributed by atoms with Gasteiger partial charge in [-0.05, 0) is 31.6 Å². The van der Waals surface area contributed by atoms with E-state index in [0.29, 0.717) is 12.3 Å². The molecule has 0 heterocycles. The quantitative estimate of drug-likeness (QED) is 0.745. The van der Waals surface area contributed by atoms with E-state index in [1.807, 2.05) is 0 Å². The third-order valence-corrected chi connectivity index (χ3v) is 3.54. The predicted octanol–water partition coefficient (Wildman–Crippen LogP) is 3.36. The lowest BCUT2D eigenvalue weighted by Crippen LogP contribution is -2.44. The number of nitrogens with one attached hydrogen (secondary N) is 1. The van der Waals surface area contributed by atoms with E-state index in [4.69, 9.17) is 0 Å². The number of carbonyl (C=O) groups is 1. The van der Waals surface area contributed by atoms with E-state index in [1.54, 1.807) is 0 Å². The molecule has 2 nitrogen and oxygen atoms in total. The van der Waals surface area contributed by atoms with E-state index in [-0.39, 0.29) is 16.9 Å². The monoisotopic (exact) mass is 213 g/mol. The van der Waals surface area contributed by atoms with Gasteiger partial charge in [0.2, 0.25) is 5.91 Å². The van der Waals surface area contributed by atoms with Gasteiger partial charge >= 0.3 is 0 Å². The molecule has 90 valence electrons. The number of hydrogen-bond acceptors (Lipinski definition) is 1. The molecule has 0 rings (SSSR count). The highest BCUT2D eigenvalue weighted by Crippen LogP contribution is 2.30. The summed E-state index contributed by atoms with van der Waals surface area (Å²) in [6.45, 7) is 14.8. The van der Waals surface area contributed by atoms with Gasteiger partial charge in [-0.25, -0.2) is 0 Å². The average molecular weight is 213 g/mol. The van der Waals surface area contributed by atoms with Gasteiger partial charge in [0, 0.05) is 12.0 Å². The second-order valence-electron chi connectivity index (χ2n) is 6.11. The maximum absolute atomic E-state index is 11.8. The van der Waals surface area contributed by atoms with Crippen molar-refractivity contribution < 1.29 is 4.79 Å². The standard InChI is InChI=1S/C13H27NO/c1-8-13(6,7)14-11(15)9-12(4,5)10(2)3/h10H,8-9H2,1-7H3,(H,14,15). The molecule has 0 aromatic rings. The third-order valence-electron chi connectivity index (χ3n) is 3.54. The van der Waals surface area contributed by atoms with Crippen LogP contribution in [-0.4, -0.2) is 11.4 Å². The van der Waals surface area contributed by atoms with Crippen LogP contribution in [0.25, 0.3) is 0 Å². The summed E-state index contributed by atoms with van der Waals surface area (Å²) in [5.74, 6) is 0.688. The minimum absolute atomic E-state index is 0.0773.